The van der Waals surface area contributed by atoms with Crippen LogP contribution in [-0.2, 0) is 4.74 Å². The van der Waals surface area contributed by atoms with Gasteiger partial charge in [-0.1, -0.05) is 0 Å². The standard InChI is InChI=1S/C19H23N5O3/c1-10-14(18(25)24-7-11-3-4-12(20)13(8-24)27-11)15-16(23-19(2)5-6-19)21-9-22-17(15)26-10/h9,11,13,20H,3-8H2,1-2H3,(H,21,22,23). The van der Waals surface area contributed by atoms with Crippen molar-refractivity contribution < 1.29 is 13.9 Å². The van der Waals surface area contributed by atoms with Crippen molar-refractivity contribution in [1.82, 2.24) is 14.9 Å². The number of hydrogen-bond donors (Lipinski definition) is 2. The molecule has 2 aromatic rings. The predicted octanol–water partition coefficient (Wildman–Crippen LogP) is 2.52. The summed E-state index contributed by atoms with van der Waals surface area (Å²) in [5.74, 6) is 1.10. The Labute approximate surface area is 156 Å². The average Bonchev–Trinajstić information content (AvgIpc) is 3.26. The molecular weight excluding hydrogens is 346 g/mol. The van der Waals surface area contributed by atoms with Gasteiger partial charge in [0.25, 0.3) is 5.91 Å². The van der Waals surface area contributed by atoms with Gasteiger partial charge in [0.1, 0.15) is 24.0 Å². The highest BCUT2D eigenvalue weighted by molar-refractivity contribution is 6.10. The summed E-state index contributed by atoms with van der Waals surface area (Å²) in [5, 5.41) is 12.2. The van der Waals surface area contributed by atoms with Crippen molar-refractivity contribution in [3.8, 4) is 0 Å². The third kappa shape index (κ3) is 2.79. The Kier molecular flexibility index (Phi) is 3.56. The van der Waals surface area contributed by atoms with E-state index in [0.29, 0.717) is 47.0 Å². The lowest BCUT2D eigenvalue weighted by Gasteiger charge is -2.41. The lowest BCUT2D eigenvalue weighted by molar-refractivity contribution is -0.0604. The summed E-state index contributed by atoms with van der Waals surface area (Å²) in [5.41, 5.74) is 1.55. The molecule has 142 valence electrons. The van der Waals surface area contributed by atoms with Crippen LogP contribution in [0.4, 0.5) is 5.82 Å². The van der Waals surface area contributed by atoms with Crippen LogP contribution in [0.25, 0.3) is 11.1 Å². The Hall–Kier alpha value is -2.48. The number of aromatic nitrogens is 2. The van der Waals surface area contributed by atoms with Gasteiger partial charge in [-0.3, -0.25) is 4.79 Å². The van der Waals surface area contributed by atoms with Crippen molar-refractivity contribution in [2.75, 3.05) is 18.4 Å². The normalized spacial score (nSPS) is 26.3. The van der Waals surface area contributed by atoms with Crippen LogP contribution in [0, 0.1) is 12.3 Å². The second-order valence-corrected chi connectivity index (χ2v) is 8.14. The van der Waals surface area contributed by atoms with Crippen LogP contribution in [0.3, 0.4) is 0 Å². The lowest BCUT2D eigenvalue weighted by atomic mass is 9.97. The lowest BCUT2D eigenvalue weighted by Crippen LogP contribution is -2.55. The van der Waals surface area contributed by atoms with Gasteiger partial charge in [0.15, 0.2) is 0 Å². The van der Waals surface area contributed by atoms with E-state index in [1.807, 2.05) is 0 Å². The Balaban J connectivity index is 1.53. The molecule has 27 heavy (non-hydrogen) atoms. The minimum absolute atomic E-state index is 0.000470. The molecule has 2 N–H and O–H groups in total. The van der Waals surface area contributed by atoms with Crippen LogP contribution in [0.15, 0.2) is 10.7 Å². The third-order valence-electron chi connectivity index (χ3n) is 5.88. The van der Waals surface area contributed by atoms with Crippen LogP contribution in [0.2, 0.25) is 0 Å². The van der Waals surface area contributed by atoms with Gasteiger partial charge in [-0.25, -0.2) is 9.97 Å². The van der Waals surface area contributed by atoms with Crippen molar-refractivity contribution in [3.05, 3.63) is 17.7 Å². The Bertz CT molecular complexity index is 948. The first-order chi connectivity index (χ1) is 12.9. The molecule has 1 saturated carbocycles. The molecule has 1 amide bonds. The molecule has 0 spiro atoms. The number of nitrogens with zero attached hydrogens (tertiary/aromatic N) is 3. The first-order valence-electron chi connectivity index (χ1n) is 9.48. The molecule has 5 rings (SSSR count). The quantitative estimate of drug-likeness (QED) is 0.861. The number of carbonyl (C=O) groups excluding carboxylic acids is 1. The van der Waals surface area contributed by atoms with Crippen LogP contribution in [-0.4, -0.2) is 57.3 Å². The number of furan rings is 1. The van der Waals surface area contributed by atoms with Crippen LogP contribution in [0.1, 0.15) is 48.7 Å². The number of morpholine rings is 1. The Morgan fingerprint density at radius 1 is 1.37 bits per heavy atom. The second kappa shape index (κ2) is 5.76. The monoisotopic (exact) mass is 369 g/mol. The molecule has 2 bridgehead atoms. The number of rotatable bonds is 3. The maximum Gasteiger partial charge on any atom is 0.258 e. The number of nitrogens with one attached hydrogen (secondary N) is 2. The maximum absolute atomic E-state index is 13.4. The molecule has 4 heterocycles. The molecular formula is C19H23N5O3. The molecule has 3 fully saturated rings. The molecule has 2 saturated heterocycles. The van der Waals surface area contributed by atoms with Gasteiger partial charge in [-0.15, -0.1) is 0 Å². The summed E-state index contributed by atoms with van der Waals surface area (Å²) in [6, 6.07) is 0. The first kappa shape index (κ1) is 16.7. The molecule has 2 aliphatic heterocycles. The summed E-state index contributed by atoms with van der Waals surface area (Å²) in [6.07, 6.45) is 4.87. The van der Waals surface area contributed by atoms with Crippen LogP contribution >= 0.6 is 0 Å². The number of amides is 1. The molecule has 8 heteroatoms. The molecule has 2 unspecified atom stereocenters. The maximum atomic E-state index is 13.4. The fourth-order valence-corrected chi connectivity index (χ4v) is 3.99. The number of likely N-dealkylation sites (tertiary alicyclic amines) is 1. The summed E-state index contributed by atoms with van der Waals surface area (Å²) in [4.78, 5) is 23.8. The molecule has 2 atom stereocenters. The van der Waals surface area contributed by atoms with Gasteiger partial charge in [0, 0.05) is 17.8 Å². The van der Waals surface area contributed by atoms with E-state index in [1.165, 1.54) is 6.33 Å². The number of carbonyl (C=O) groups is 1. The summed E-state index contributed by atoms with van der Waals surface area (Å²) >= 11 is 0. The summed E-state index contributed by atoms with van der Waals surface area (Å²) < 4.78 is 11.7. The van der Waals surface area contributed by atoms with Gasteiger partial charge in [0.05, 0.1) is 23.6 Å². The predicted molar refractivity (Wildman–Crippen MR) is 99.3 cm³/mol. The average molecular weight is 369 g/mol. The molecule has 0 radical (unpaired) electrons. The molecule has 8 nitrogen and oxygen atoms in total. The molecule has 1 aliphatic carbocycles. The van der Waals surface area contributed by atoms with Crippen molar-refractivity contribution in [2.45, 2.75) is 57.3 Å². The highest BCUT2D eigenvalue weighted by Crippen LogP contribution is 2.40. The molecule has 3 aliphatic rings. The van der Waals surface area contributed by atoms with Crippen molar-refractivity contribution in [2.24, 2.45) is 0 Å². The number of ether oxygens (including phenoxy) is 1. The van der Waals surface area contributed by atoms with E-state index in [2.05, 4.69) is 22.2 Å². The van der Waals surface area contributed by atoms with Gasteiger partial charge >= 0.3 is 0 Å². The highest BCUT2D eigenvalue weighted by Gasteiger charge is 2.40. The van der Waals surface area contributed by atoms with Gasteiger partial charge in [0.2, 0.25) is 5.71 Å². The van der Waals surface area contributed by atoms with Crippen molar-refractivity contribution in [3.63, 3.8) is 0 Å². The zero-order valence-electron chi connectivity index (χ0n) is 15.5. The van der Waals surface area contributed by atoms with E-state index < -0.39 is 0 Å². The summed E-state index contributed by atoms with van der Waals surface area (Å²) in [6.45, 7) is 4.89. The van der Waals surface area contributed by atoms with E-state index in [4.69, 9.17) is 14.6 Å². The second-order valence-electron chi connectivity index (χ2n) is 8.14. The van der Waals surface area contributed by atoms with Gasteiger partial charge < -0.3 is 24.8 Å². The van der Waals surface area contributed by atoms with Crippen LogP contribution in [0.5, 0.6) is 0 Å². The van der Waals surface area contributed by atoms with Crippen molar-refractivity contribution >= 4 is 28.5 Å². The number of fused-ring (bicyclic) bond motifs is 3. The van der Waals surface area contributed by atoms with Crippen LogP contribution < -0.4 is 5.32 Å². The zero-order valence-corrected chi connectivity index (χ0v) is 15.5. The zero-order chi connectivity index (χ0) is 18.8. The van der Waals surface area contributed by atoms with E-state index in [9.17, 15) is 4.79 Å². The number of hydrogen-bond acceptors (Lipinski definition) is 7. The van der Waals surface area contributed by atoms with E-state index >= 15 is 0 Å². The molecule has 0 aromatic carbocycles. The highest BCUT2D eigenvalue weighted by atomic mass is 16.5. The molecule has 2 aromatic heterocycles. The fourth-order valence-electron chi connectivity index (χ4n) is 3.99. The first-order valence-corrected chi connectivity index (χ1v) is 9.48. The largest absolute Gasteiger partial charge is 0.442 e. The van der Waals surface area contributed by atoms with E-state index in [0.717, 1.165) is 25.7 Å². The minimum atomic E-state index is -0.292. The third-order valence-corrected chi connectivity index (χ3v) is 5.88. The summed E-state index contributed by atoms with van der Waals surface area (Å²) in [7, 11) is 0. The topological polar surface area (TPSA) is 104 Å². The minimum Gasteiger partial charge on any atom is -0.442 e. The van der Waals surface area contributed by atoms with Gasteiger partial charge in [-0.2, -0.15) is 0 Å². The number of aryl methyl sites for hydroxylation is 1. The SMILES string of the molecule is Cc1oc2ncnc(NC3(C)CC3)c2c1C(=O)N1CC2CCC(=N)C(C1)O2. The van der Waals surface area contributed by atoms with E-state index in [-0.39, 0.29) is 23.7 Å². The fraction of sp³-hybridized carbons (Fsp3) is 0.579. The number of anilines is 1. The smallest absolute Gasteiger partial charge is 0.258 e. The Morgan fingerprint density at radius 2 is 2.19 bits per heavy atom. The Morgan fingerprint density at radius 3 is 2.96 bits per heavy atom. The van der Waals surface area contributed by atoms with Crippen molar-refractivity contribution in [1.29, 1.82) is 5.41 Å². The van der Waals surface area contributed by atoms with E-state index in [1.54, 1.807) is 11.8 Å². The van der Waals surface area contributed by atoms with Gasteiger partial charge in [-0.05, 0) is 39.5 Å².